The number of pyridine rings is 1. The molecule has 0 fully saturated rings. The molecule has 4 heteroatoms. The van der Waals surface area contributed by atoms with E-state index in [1.807, 2.05) is 54.6 Å². The SMILES string of the molecule is O=C(O)c1ncccc1CCCc1ccccc1OCc1ccccc1. The van der Waals surface area contributed by atoms with E-state index in [2.05, 4.69) is 11.1 Å². The van der Waals surface area contributed by atoms with E-state index < -0.39 is 5.97 Å². The van der Waals surface area contributed by atoms with Gasteiger partial charge in [-0.15, -0.1) is 0 Å². The molecule has 0 spiro atoms. The molecule has 0 radical (unpaired) electrons. The van der Waals surface area contributed by atoms with Crippen molar-refractivity contribution in [3.63, 3.8) is 0 Å². The van der Waals surface area contributed by atoms with Crippen molar-refractivity contribution in [2.45, 2.75) is 25.9 Å². The number of aromatic nitrogens is 1. The highest BCUT2D eigenvalue weighted by Crippen LogP contribution is 2.22. The highest BCUT2D eigenvalue weighted by Gasteiger charge is 2.11. The van der Waals surface area contributed by atoms with Gasteiger partial charge in [0.2, 0.25) is 0 Å². The van der Waals surface area contributed by atoms with Crippen LogP contribution in [0, 0.1) is 0 Å². The Bertz CT molecular complexity index is 862. The molecule has 1 N–H and O–H groups in total. The van der Waals surface area contributed by atoms with E-state index in [1.165, 1.54) is 6.20 Å². The average Bonchev–Trinajstić information content (AvgIpc) is 2.68. The maximum atomic E-state index is 11.2. The third-order valence-electron chi connectivity index (χ3n) is 4.20. The molecule has 0 saturated carbocycles. The monoisotopic (exact) mass is 347 g/mol. The van der Waals surface area contributed by atoms with E-state index in [1.54, 1.807) is 6.07 Å². The second-order valence-electron chi connectivity index (χ2n) is 6.05. The summed E-state index contributed by atoms with van der Waals surface area (Å²) in [7, 11) is 0. The number of carboxylic acids is 1. The van der Waals surface area contributed by atoms with Crippen molar-refractivity contribution in [3.8, 4) is 5.75 Å². The molecule has 26 heavy (non-hydrogen) atoms. The van der Waals surface area contributed by atoms with Crippen LogP contribution in [0.1, 0.15) is 33.6 Å². The van der Waals surface area contributed by atoms with Gasteiger partial charge in [-0.3, -0.25) is 0 Å². The van der Waals surface area contributed by atoms with E-state index in [-0.39, 0.29) is 5.69 Å². The van der Waals surface area contributed by atoms with Crippen LogP contribution in [0.3, 0.4) is 0 Å². The van der Waals surface area contributed by atoms with Gasteiger partial charge >= 0.3 is 5.97 Å². The highest BCUT2D eigenvalue weighted by atomic mass is 16.5. The molecule has 0 unspecified atom stereocenters. The zero-order chi connectivity index (χ0) is 18.2. The number of para-hydroxylation sites is 1. The number of hydrogen-bond donors (Lipinski definition) is 1. The molecule has 2 aromatic carbocycles. The van der Waals surface area contributed by atoms with Crippen LogP contribution in [-0.4, -0.2) is 16.1 Å². The predicted molar refractivity (Wildman–Crippen MR) is 100 cm³/mol. The van der Waals surface area contributed by atoms with Gasteiger partial charge in [0.1, 0.15) is 12.4 Å². The Morgan fingerprint density at radius 1 is 0.885 bits per heavy atom. The summed E-state index contributed by atoms with van der Waals surface area (Å²) in [4.78, 5) is 15.2. The number of aromatic carboxylic acids is 1. The lowest BCUT2D eigenvalue weighted by atomic mass is 10.0. The van der Waals surface area contributed by atoms with E-state index >= 15 is 0 Å². The van der Waals surface area contributed by atoms with Gasteiger partial charge in [-0.2, -0.15) is 0 Å². The van der Waals surface area contributed by atoms with Gasteiger partial charge in [-0.1, -0.05) is 54.6 Å². The summed E-state index contributed by atoms with van der Waals surface area (Å²) < 4.78 is 5.98. The van der Waals surface area contributed by atoms with E-state index in [0.29, 0.717) is 13.0 Å². The van der Waals surface area contributed by atoms with Crippen LogP contribution in [0.5, 0.6) is 5.75 Å². The molecule has 0 bridgehead atoms. The van der Waals surface area contributed by atoms with Crippen LogP contribution in [0.25, 0.3) is 0 Å². The summed E-state index contributed by atoms with van der Waals surface area (Å²) in [5.41, 5.74) is 3.16. The predicted octanol–water partition coefficient (Wildman–Crippen LogP) is 4.53. The number of aryl methyl sites for hydroxylation is 2. The first-order chi connectivity index (χ1) is 12.7. The minimum atomic E-state index is -0.979. The molecule has 0 saturated heterocycles. The molecule has 0 aliphatic rings. The minimum Gasteiger partial charge on any atom is -0.489 e. The number of rotatable bonds is 8. The zero-order valence-corrected chi connectivity index (χ0v) is 14.5. The zero-order valence-electron chi connectivity index (χ0n) is 14.5. The van der Waals surface area contributed by atoms with E-state index in [9.17, 15) is 9.90 Å². The van der Waals surface area contributed by atoms with Crippen molar-refractivity contribution in [2.75, 3.05) is 0 Å². The van der Waals surface area contributed by atoms with Gasteiger partial charge in [0, 0.05) is 6.20 Å². The number of carboxylic acid groups (broad SMARTS) is 1. The molecule has 4 nitrogen and oxygen atoms in total. The van der Waals surface area contributed by atoms with Crippen LogP contribution in [0.2, 0.25) is 0 Å². The first-order valence-corrected chi connectivity index (χ1v) is 8.66. The Labute approximate surface area is 153 Å². The Balaban J connectivity index is 1.61. The molecule has 0 amide bonds. The fraction of sp³-hybridized carbons (Fsp3) is 0.182. The maximum absolute atomic E-state index is 11.2. The Hall–Kier alpha value is -3.14. The van der Waals surface area contributed by atoms with E-state index in [0.717, 1.165) is 35.3 Å². The third-order valence-corrected chi connectivity index (χ3v) is 4.20. The minimum absolute atomic E-state index is 0.140. The van der Waals surface area contributed by atoms with Crippen LogP contribution >= 0.6 is 0 Å². The second-order valence-corrected chi connectivity index (χ2v) is 6.05. The van der Waals surface area contributed by atoms with Crippen molar-refractivity contribution < 1.29 is 14.6 Å². The number of ether oxygens (including phenoxy) is 1. The number of nitrogens with zero attached hydrogens (tertiary/aromatic N) is 1. The molecule has 3 aromatic rings. The maximum Gasteiger partial charge on any atom is 0.354 e. The van der Waals surface area contributed by atoms with Crippen LogP contribution in [-0.2, 0) is 19.4 Å². The van der Waals surface area contributed by atoms with Gasteiger partial charge < -0.3 is 9.84 Å². The summed E-state index contributed by atoms with van der Waals surface area (Å²) in [6.07, 6.45) is 3.83. The lowest BCUT2D eigenvalue weighted by Crippen LogP contribution is -2.06. The average molecular weight is 347 g/mol. The van der Waals surface area contributed by atoms with Crippen LogP contribution in [0.4, 0.5) is 0 Å². The van der Waals surface area contributed by atoms with Crippen molar-refractivity contribution in [1.29, 1.82) is 0 Å². The number of benzene rings is 2. The molecule has 132 valence electrons. The molecule has 0 aliphatic heterocycles. The normalized spacial score (nSPS) is 10.5. The summed E-state index contributed by atoms with van der Waals surface area (Å²) in [5.74, 6) is -0.104. The molecule has 1 aromatic heterocycles. The van der Waals surface area contributed by atoms with Crippen molar-refractivity contribution in [2.24, 2.45) is 0 Å². The first-order valence-electron chi connectivity index (χ1n) is 8.66. The Morgan fingerprint density at radius 3 is 2.38 bits per heavy atom. The molecular formula is C22H21NO3. The number of hydrogen-bond acceptors (Lipinski definition) is 3. The summed E-state index contributed by atoms with van der Waals surface area (Å²) >= 11 is 0. The smallest absolute Gasteiger partial charge is 0.354 e. The fourth-order valence-corrected chi connectivity index (χ4v) is 2.89. The van der Waals surface area contributed by atoms with Crippen LogP contribution in [0.15, 0.2) is 72.9 Å². The Kier molecular flexibility index (Phi) is 5.99. The van der Waals surface area contributed by atoms with Gasteiger partial charge in [-0.25, -0.2) is 9.78 Å². The van der Waals surface area contributed by atoms with Crippen molar-refractivity contribution >= 4 is 5.97 Å². The Morgan fingerprint density at radius 2 is 1.58 bits per heavy atom. The second kappa shape index (κ2) is 8.81. The topological polar surface area (TPSA) is 59.4 Å². The quantitative estimate of drug-likeness (QED) is 0.650. The molecule has 0 aliphatic carbocycles. The van der Waals surface area contributed by atoms with E-state index in [4.69, 9.17) is 4.74 Å². The fourth-order valence-electron chi connectivity index (χ4n) is 2.89. The van der Waals surface area contributed by atoms with Crippen molar-refractivity contribution in [1.82, 2.24) is 4.98 Å². The molecule has 3 rings (SSSR count). The highest BCUT2D eigenvalue weighted by molar-refractivity contribution is 5.86. The molecule has 1 heterocycles. The third kappa shape index (κ3) is 4.70. The number of carbonyl (C=O) groups is 1. The largest absolute Gasteiger partial charge is 0.489 e. The van der Waals surface area contributed by atoms with Gasteiger partial charge in [0.25, 0.3) is 0 Å². The van der Waals surface area contributed by atoms with Crippen molar-refractivity contribution in [3.05, 3.63) is 95.3 Å². The summed E-state index contributed by atoms with van der Waals surface area (Å²) in [6.45, 7) is 0.531. The summed E-state index contributed by atoms with van der Waals surface area (Å²) in [5, 5.41) is 9.22. The van der Waals surface area contributed by atoms with Gasteiger partial charge in [0.05, 0.1) is 0 Å². The lowest BCUT2D eigenvalue weighted by molar-refractivity contribution is 0.0689. The molecular weight excluding hydrogens is 326 g/mol. The standard InChI is InChI=1S/C22H21NO3/c24-22(25)21-19(13-7-15-23-21)12-6-11-18-10-4-5-14-20(18)26-16-17-8-2-1-3-9-17/h1-5,7-10,13-15H,6,11-12,16H2,(H,24,25). The van der Waals surface area contributed by atoms with Gasteiger partial charge in [-0.05, 0) is 48.1 Å². The van der Waals surface area contributed by atoms with Crippen LogP contribution < -0.4 is 4.74 Å². The molecule has 0 atom stereocenters. The lowest BCUT2D eigenvalue weighted by Gasteiger charge is -2.12. The summed E-state index contributed by atoms with van der Waals surface area (Å²) in [6, 6.07) is 21.7. The first kappa shape index (κ1) is 17.7. The van der Waals surface area contributed by atoms with Gasteiger partial charge in [0.15, 0.2) is 5.69 Å².